The van der Waals surface area contributed by atoms with Crippen molar-refractivity contribution in [1.29, 1.82) is 0 Å². The lowest BCUT2D eigenvalue weighted by Crippen LogP contribution is -2.61. The molecule has 0 aliphatic heterocycles. The van der Waals surface area contributed by atoms with E-state index in [1.165, 1.54) is 13.5 Å². The van der Waals surface area contributed by atoms with Gasteiger partial charge in [-0.15, -0.1) is 5.10 Å². The number of hydrogen-bond acceptors (Lipinski definition) is 6. The van der Waals surface area contributed by atoms with Crippen LogP contribution in [-0.4, -0.2) is 33.3 Å². The molecule has 0 atom stereocenters. The van der Waals surface area contributed by atoms with Gasteiger partial charge in [0.05, 0.1) is 23.9 Å². The molecule has 0 saturated heterocycles. The minimum absolute atomic E-state index is 0.404. The van der Waals surface area contributed by atoms with E-state index < -0.39 is 11.5 Å². The van der Waals surface area contributed by atoms with Crippen LogP contribution in [0.5, 0.6) is 0 Å². The Morgan fingerprint density at radius 3 is 2.46 bits per heavy atom. The number of aromatic nitrogens is 4. The van der Waals surface area contributed by atoms with E-state index in [9.17, 15) is 4.79 Å². The van der Waals surface area contributed by atoms with Crippen molar-refractivity contribution in [3.8, 4) is 5.69 Å². The highest BCUT2D eigenvalue weighted by Gasteiger charge is 2.58. The van der Waals surface area contributed by atoms with Crippen molar-refractivity contribution in [2.75, 3.05) is 7.11 Å². The summed E-state index contributed by atoms with van der Waals surface area (Å²) >= 11 is 0. The van der Waals surface area contributed by atoms with Crippen LogP contribution >= 0.6 is 0 Å². The molecule has 0 unspecified atom stereocenters. The molecule has 4 fully saturated rings. The molecule has 4 saturated carbocycles. The van der Waals surface area contributed by atoms with E-state index in [-0.39, 0.29) is 0 Å². The van der Waals surface area contributed by atoms with E-state index in [0.717, 1.165) is 37.5 Å². The summed E-state index contributed by atoms with van der Waals surface area (Å²) in [7, 11) is 1.38. The van der Waals surface area contributed by atoms with Crippen molar-refractivity contribution >= 4 is 5.97 Å². The van der Waals surface area contributed by atoms with Crippen LogP contribution in [-0.2, 0) is 10.3 Å². The van der Waals surface area contributed by atoms with Gasteiger partial charge in [-0.1, -0.05) is 12.1 Å². The normalized spacial score (nSPS) is 34.8. The lowest BCUT2D eigenvalue weighted by Gasteiger charge is -2.58. The molecule has 0 spiro atoms. The number of carbonyl (C=O) groups excluding carboxylic acids is 1. The summed E-state index contributed by atoms with van der Waals surface area (Å²) in [4.78, 5) is 12.2. The van der Waals surface area contributed by atoms with Crippen molar-refractivity contribution in [2.45, 2.75) is 37.6 Å². The number of rotatable bonds is 3. The topological polar surface area (TPSA) is 95.9 Å². The predicted octanol–water partition coefficient (Wildman–Crippen LogP) is 2.06. The number of benzene rings is 1. The van der Waals surface area contributed by atoms with Gasteiger partial charge in [-0.05, 0) is 78.3 Å². The number of para-hydroxylation sites is 1. The average molecular weight is 353 g/mol. The van der Waals surface area contributed by atoms with Crippen molar-refractivity contribution in [1.82, 2.24) is 20.2 Å². The quantitative estimate of drug-likeness (QED) is 0.849. The second-order valence-corrected chi connectivity index (χ2v) is 8.16. The third-order valence-electron chi connectivity index (χ3n) is 6.88. The molecule has 1 aromatic carbocycles. The van der Waals surface area contributed by atoms with Crippen LogP contribution in [0.1, 0.15) is 48.3 Å². The van der Waals surface area contributed by atoms with Crippen LogP contribution < -0.4 is 5.73 Å². The van der Waals surface area contributed by atoms with E-state index >= 15 is 0 Å². The van der Waals surface area contributed by atoms with Crippen molar-refractivity contribution < 1.29 is 9.53 Å². The van der Waals surface area contributed by atoms with Gasteiger partial charge in [-0.25, -0.2) is 4.79 Å². The Morgan fingerprint density at radius 2 is 1.81 bits per heavy atom. The van der Waals surface area contributed by atoms with E-state index in [0.29, 0.717) is 28.9 Å². The molecule has 136 valence electrons. The van der Waals surface area contributed by atoms with Crippen LogP contribution in [0.2, 0.25) is 0 Å². The average Bonchev–Trinajstić information content (AvgIpc) is 3.15. The molecule has 26 heavy (non-hydrogen) atoms. The predicted molar refractivity (Wildman–Crippen MR) is 93.4 cm³/mol. The summed E-state index contributed by atoms with van der Waals surface area (Å²) in [5, 5.41) is 12.5. The third kappa shape index (κ3) is 2.09. The monoisotopic (exact) mass is 353 g/mol. The Hall–Kier alpha value is -2.28. The Kier molecular flexibility index (Phi) is 3.44. The number of nitrogens with two attached hydrogens (primary N) is 1. The maximum Gasteiger partial charge on any atom is 0.340 e. The zero-order valence-electron chi connectivity index (χ0n) is 14.8. The lowest BCUT2D eigenvalue weighted by molar-refractivity contribution is -0.0633. The third-order valence-corrected chi connectivity index (χ3v) is 6.88. The fraction of sp³-hybridized carbons (Fsp3) is 0.579. The minimum atomic E-state index is -0.528. The van der Waals surface area contributed by atoms with Crippen LogP contribution in [0.15, 0.2) is 24.3 Å². The first-order valence-electron chi connectivity index (χ1n) is 9.36. The highest BCUT2D eigenvalue weighted by molar-refractivity contribution is 5.93. The molecular weight excluding hydrogens is 330 g/mol. The fourth-order valence-corrected chi connectivity index (χ4v) is 5.89. The lowest BCUT2D eigenvalue weighted by atomic mass is 9.48. The Balaban J connectivity index is 1.62. The van der Waals surface area contributed by atoms with Gasteiger partial charge in [0.1, 0.15) is 0 Å². The molecule has 1 aromatic heterocycles. The van der Waals surface area contributed by atoms with Crippen molar-refractivity contribution in [3.63, 3.8) is 0 Å². The van der Waals surface area contributed by atoms with Gasteiger partial charge in [0, 0.05) is 0 Å². The van der Waals surface area contributed by atoms with Crippen LogP contribution in [0.25, 0.3) is 5.69 Å². The molecule has 1 heterocycles. The summed E-state index contributed by atoms with van der Waals surface area (Å²) in [5.41, 5.74) is 7.61. The summed E-state index contributed by atoms with van der Waals surface area (Å²) in [6.45, 7) is 0. The number of esters is 1. The van der Waals surface area contributed by atoms with Gasteiger partial charge in [0.25, 0.3) is 0 Å². The molecule has 0 amide bonds. The molecular formula is C19H23N5O2. The zero-order chi connectivity index (χ0) is 17.9. The molecule has 7 heteroatoms. The largest absolute Gasteiger partial charge is 0.465 e. The van der Waals surface area contributed by atoms with Crippen molar-refractivity contribution in [3.05, 3.63) is 35.7 Å². The smallest absolute Gasteiger partial charge is 0.340 e. The Morgan fingerprint density at radius 1 is 1.15 bits per heavy atom. The fourth-order valence-electron chi connectivity index (χ4n) is 5.89. The van der Waals surface area contributed by atoms with Gasteiger partial charge in [0.2, 0.25) is 0 Å². The van der Waals surface area contributed by atoms with E-state index in [2.05, 4.69) is 15.5 Å². The van der Waals surface area contributed by atoms with E-state index in [1.54, 1.807) is 16.8 Å². The second-order valence-electron chi connectivity index (χ2n) is 8.16. The van der Waals surface area contributed by atoms with Gasteiger partial charge in [-0.3, -0.25) is 0 Å². The van der Waals surface area contributed by atoms with E-state index in [4.69, 9.17) is 10.5 Å². The van der Waals surface area contributed by atoms with Crippen LogP contribution in [0.3, 0.4) is 0 Å². The minimum Gasteiger partial charge on any atom is -0.465 e. The number of nitrogens with zero attached hydrogens (tertiary/aromatic N) is 4. The van der Waals surface area contributed by atoms with Gasteiger partial charge < -0.3 is 10.5 Å². The van der Waals surface area contributed by atoms with Gasteiger partial charge >= 0.3 is 5.97 Å². The summed E-state index contributed by atoms with van der Waals surface area (Å²) < 4.78 is 6.59. The highest BCUT2D eigenvalue weighted by atomic mass is 16.5. The molecule has 4 bridgehead atoms. The number of ether oxygens (including phenoxy) is 1. The van der Waals surface area contributed by atoms with Gasteiger partial charge in [-0.2, -0.15) is 4.68 Å². The Labute approximate surface area is 151 Å². The molecule has 0 radical (unpaired) electrons. The number of methoxy groups -OCH3 is 1. The first-order valence-corrected chi connectivity index (χ1v) is 9.36. The van der Waals surface area contributed by atoms with Crippen LogP contribution in [0, 0.1) is 23.7 Å². The van der Waals surface area contributed by atoms with Gasteiger partial charge in [0.15, 0.2) is 5.82 Å². The van der Waals surface area contributed by atoms with Crippen LogP contribution in [0.4, 0.5) is 0 Å². The molecule has 2 aromatic rings. The molecule has 7 nitrogen and oxygen atoms in total. The zero-order valence-corrected chi connectivity index (χ0v) is 14.8. The maximum absolute atomic E-state index is 12.2. The van der Waals surface area contributed by atoms with Crippen molar-refractivity contribution in [2.24, 2.45) is 29.4 Å². The number of carbonyl (C=O) groups is 1. The summed E-state index contributed by atoms with van der Waals surface area (Å²) in [6.07, 6.45) is 6.01. The summed E-state index contributed by atoms with van der Waals surface area (Å²) in [6, 6.07) is 7.24. The molecule has 2 N–H and O–H groups in total. The molecule has 4 aliphatic rings. The molecule has 4 aliphatic carbocycles. The number of tetrazole rings is 1. The maximum atomic E-state index is 12.2. The SMILES string of the molecule is COC(=O)c1ccccc1-n1nnnc1C1(N)C2CC3CC(C2)CC1C3. The Bertz CT molecular complexity index is 833. The summed E-state index contributed by atoms with van der Waals surface area (Å²) in [5.74, 6) is 2.71. The second kappa shape index (κ2) is 5.61. The first kappa shape index (κ1) is 15.9. The van der Waals surface area contributed by atoms with E-state index in [1.807, 2.05) is 12.1 Å². The standard InChI is InChI=1S/C19H23N5O2/c1-26-17(25)15-4-2-3-5-16(15)24-18(21-22-23-24)19(20)13-7-11-6-12(9-13)10-14(19)8-11/h2-5,11-14H,6-10,20H2,1H3. The number of hydrogen-bond donors (Lipinski definition) is 1. The molecule has 6 rings (SSSR count). The first-order chi connectivity index (χ1) is 12.6. The highest BCUT2D eigenvalue weighted by Crippen LogP contribution is 2.60.